The predicted molar refractivity (Wildman–Crippen MR) is 102 cm³/mol. The Morgan fingerprint density at radius 2 is 1.85 bits per heavy atom. The van der Waals surface area contributed by atoms with E-state index in [2.05, 4.69) is 21.2 Å². The molecular weight excluding hydrogens is 400 g/mol. The number of nitrogens with zero attached hydrogens (tertiary/aromatic N) is 1. The van der Waals surface area contributed by atoms with E-state index >= 15 is 0 Å². The quantitative estimate of drug-likeness (QED) is 0.700. The summed E-state index contributed by atoms with van der Waals surface area (Å²) in [7, 11) is 1.53. The second-order valence-electron chi connectivity index (χ2n) is 5.65. The first-order valence-corrected chi connectivity index (χ1v) is 8.68. The third kappa shape index (κ3) is 5.70. The Morgan fingerprint density at radius 1 is 1.12 bits per heavy atom. The Labute approximate surface area is 160 Å². The number of carbonyl (C=O) groups excluding carboxylic acids is 3. The van der Waals surface area contributed by atoms with E-state index in [0.29, 0.717) is 17.0 Å². The summed E-state index contributed by atoms with van der Waals surface area (Å²) in [6.07, 6.45) is 0. The number of halogens is 1. The summed E-state index contributed by atoms with van der Waals surface area (Å²) < 4.78 is 6.18. The maximum absolute atomic E-state index is 12.1. The molecular formula is C19H19BrN2O4. The van der Waals surface area contributed by atoms with Crippen LogP contribution in [-0.2, 0) is 9.59 Å². The number of rotatable bonds is 7. The van der Waals surface area contributed by atoms with Crippen LogP contribution in [0.15, 0.2) is 53.0 Å². The van der Waals surface area contributed by atoms with Crippen molar-refractivity contribution in [3.8, 4) is 5.75 Å². The highest BCUT2D eigenvalue weighted by molar-refractivity contribution is 9.10. The molecule has 1 N–H and O–H groups in total. The highest BCUT2D eigenvalue weighted by Gasteiger charge is 2.14. The molecule has 0 spiro atoms. The van der Waals surface area contributed by atoms with E-state index in [-0.39, 0.29) is 30.7 Å². The molecule has 0 heterocycles. The number of anilines is 1. The summed E-state index contributed by atoms with van der Waals surface area (Å²) in [4.78, 5) is 36.8. The molecule has 2 rings (SSSR count). The number of ether oxygens (including phenoxy) is 1. The van der Waals surface area contributed by atoms with E-state index in [1.165, 1.54) is 18.9 Å². The fraction of sp³-hybridized carbons (Fsp3) is 0.211. The first kappa shape index (κ1) is 19.7. The van der Waals surface area contributed by atoms with Gasteiger partial charge in [0, 0.05) is 17.1 Å². The molecule has 6 nitrogen and oxygen atoms in total. The van der Waals surface area contributed by atoms with Crippen LogP contribution in [0.3, 0.4) is 0 Å². The number of likely N-dealkylation sites (N-methyl/N-ethyl adjacent to an activating group) is 1. The van der Waals surface area contributed by atoms with Crippen LogP contribution in [0.25, 0.3) is 0 Å². The van der Waals surface area contributed by atoms with Gasteiger partial charge in [-0.25, -0.2) is 0 Å². The molecule has 2 aromatic carbocycles. The standard InChI is InChI=1S/C19H19BrN2O4/c1-13(23)14-6-5-7-15(10-14)26-12-19(25)22(2)11-18(24)21-17-9-4-3-8-16(17)20/h3-10H,11-12H2,1-2H3,(H,21,24). The lowest BCUT2D eigenvalue weighted by atomic mass is 10.1. The third-order valence-corrected chi connectivity index (χ3v) is 4.25. The van der Waals surface area contributed by atoms with Crippen LogP contribution in [0.1, 0.15) is 17.3 Å². The largest absolute Gasteiger partial charge is 0.484 e. The Balaban J connectivity index is 1.85. The SMILES string of the molecule is CC(=O)c1cccc(OCC(=O)N(C)CC(=O)Nc2ccccc2Br)c1. The maximum Gasteiger partial charge on any atom is 0.260 e. The molecule has 0 aliphatic carbocycles. The molecule has 7 heteroatoms. The molecule has 0 saturated heterocycles. The molecule has 0 aliphatic rings. The lowest BCUT2D eigenvalue weighted by Crippen LogP contribution is -2.37. The topological polar surface area (TPSA) is 75.7 Å². The van der Waals surface area contributed by atoms with E-state index in [9.17, 15) is 14.4 Å². The normalized spacial score (nSPS) is 10.1. The zero-order chi connectivity index (χ0) is 19.1. The van der Waals surface area contributed by atoms with Crippen molar-refractivity contribution >= 4 is 39.2 Å². The molecule has 136 valence electrons. The second-order valence-corrected chi connectivity index (χ2v) is 6.50. The zero-order valence-corrected chi connectivity index (χ0v) is 16.1. The van der Waals surface area contributed by atoms with E-state index in [1.807, 2.05) is 12.1 Å². The molecule has 0 atom stereocenters. The molecule has 0 bridgehead atoms. The smallest absolute Gasteiger partial charge is 0.260 e. The fourth-order valence-electron chi connectivity index (χ4n) is 2.12. The van der Waals surface area contributed by atoms with E-state index in [4.69, 9.17) is 4.74 Å². The van der Waals surface area contributed by atoms with Crippen molar-refractivity contribution in [1.29, 1.82) is 0 Å². The van der Waals surface area contributed by atoms with Crippen LogP contribution in [0.4, 0.5) is 5.69 Å². The number of nitrogens with one attached hydrogen (secondary N) is 1. The number of amides is 2. The summed E-state index contributed by atoms with van der Waals surface area (Å²) >= 11 is 3.35. The minimum absolute atomic E-state index is 0.0809. The van der Waals surface area contributed by atoms with Crippen molar-refractivity contribution < 1.29 is 19.1 Å². The number of Topliss-reactive ketones (excluding diaryl/α,β-unsaturated/α-hetero) is 1. The highest BCUT2D eigenvalue weighted by Crippen LogP contribution is 2.21. The molecule has 26 heavy (non-hydrogen) atoms. The maximum atomic E-state index is 12.1. The van der Waals surface area contributed by atoms with Gasteiger partial charge in [0.15, 0.2) is 12.4 Å². The number of hydrogen-bond acceptors (Lipinski definition) is 4. The van der Waals surface area contributed by atoms with Crippen LogP contribution < -0.4 is 10.1 Å². The number of para-hydroxylation sites is 1. The van der Waals surface area contributed by atoms with Gasteiger partial charge in [-0.05, 0) is 47.1 Å². The van der Waals surface area contributed by atoms with E-state index in [1.54, 1.807) is 36.4 Å². The van der Waals surface area contributed by atoms with Gasteiger partial charge in [0.1, 0.15) is 5.75 Å². The van der Waals surface area contributed by atoms with Crippen LogP contribution in [0, 0.1) is 0 Å². The summed E-state index contributed by atoms with van der Waals surface area (Å²) in [5, 5.41) is 2.73. The second kappa shape index (κ2) is 9.15. The fourth-order valence-corrected chi connectivity index (χ4v) is 2.50. The van der Waals surface area contributed by atoms with Crippen molar-refractivity contribution in [2.75, 3.05) is 25.5 Å². The van der Waals surface area contributed by atoms with Gasteiger partial charge < -0.3 is 15.0 Å². The highest BCUT2D eigenvalue weighted by atomic mass is 79.9. The van der Waals surface area contributed by atoms with Crippen LogP contribution >= 0.6 is 15.9 Å². The van der Waals surface area contributed by atoms with Crippen molar-refractivity contribution in [3.05, 3.63) is 58.6 Å². The van der Waals surface area contributed by atoms with Crippen LogP contribution in [0.5, 0.6) is 5.75 Å². The average molecular weight is 419 g/mol. The van der Waals surface area contributed by atoms with Gasteiger partial charge in [0.05, 0.1) is 12.2 Å². The zero-order valence-electron chi connectivity index (χ0n) is 14.5. The van der Waals surface area contributed by atoms with Gasteiger partial charge in [-0.1, -0.05) is 24.3 Å². The molecule has 0 radical (unpaired) electrons. The van der Waals surface area contributed by atoms with Crippen molar-refractivity contribution in [2.45, 2.75) is 6.92 Å². The molecule has 0 fully saturated rings. The minimum Gasteiger partial charge on any atom is -0.484 e. The Bertz CT molecular complexity index is 823. The minimum atomic E-state index is -0.347. The van der Waals surface area contributed by atoms with Crippen LogP contribution in [-0.4, -0.2) is 42.7 Å². The van der Waals surface area contributed by atoms with Gasteiger partial charge in [-0.2, -0.15) is 0 Å². The van der Waals surface area contributed by atoms with Crippen molar-refractivity contribution in [1.82, 2.24) is 4.90 Å². The average Bonchev–Trinajstić information content (AvgIpc) is 2.61. The Morgan fingerprint density at radius 3 is 2.54 bits per heavy atom. The summed E-state index contributed by atoms with van der Waals surface area (Å²) in [5.74, 6) is -0.313. The lowest BCUT2D eigenvalue weighted by Gasteiger charge is -2.17. The first-order chi connectivity index (χ1) is 12.4. The van der Waals surface area contributed by atoms with Gasteiger partial charge in [-0.15, -0.1) is 0 Å². The van der Waals surface area contributed by atoms with Gasteiger partial charge >= 0.3 is 0 Å². The van der Waals surface area contributed by atoms with Crippen molar-refractivity contribution in [3.63, 3.8) is 0 Å². The van der Waals surface area contributed by atoms with Crippen molar-refractivity contribution in [2.24, 2.45) is 0 Å². The molecule has 0 aliphatic heterocycles. The number of hydrogen-bond donors (Lipinski definition) is 1. The lowest BCUT2D eigenvalue weighted by molar-refractivity contribution is -0.135. The molecule has 2 amide bonds. The van der Waals surface area contributed by atoms with Gasteiger partial charge in [-0.3, -0.25) is 14.4 Å². The first-order valence-electron chi connectivity index (χ1n) is 7.89. The monoisotopic (exact) mass is 418 g/mol. The summed E-state index contributed by atoms with van der Waals surface area (Å²) in [6.45, 7) is 1.14. The van der Waals surface area contributed by atoms with E-state index in [0.717, 1.165) is 4.47 Å². The number of benzene rings is 2. The molecule has 0 aromatic heterocycles. The predicted octanol–water partition coefficient (Wildman–Crippen LogP) is 3.13. The summed E-state index contributed by atoms with van der Waals surface area (Å²) in [5.41, 5.74) is 1.15. The van der Waals surface area contributed by atoms with Crippen LogP contribution in [0.2, 0.25) is 0 Å². The van der Waals surface area contributed by atoms with Gasteiger partial charge in [0.2, 0.25) is 5.91 Å². The summed E-state index contributed by atoms with van der Waals surface area (Å²) in [6, 6.07) is 13.8. The Hall–Kier alpha value is -2.67. The number of ketones is 1. The molecule has 0 saturated carbocycles. The molecule has 2 aromatic rings. The van der Waals surface area contributed by atoms with Gasteiger partial charge in [0.25, 0.3) is 5.91 Å². The Kier molecular flexibility index (Phi) is 6.91. The third-order valence-electron chi connectivity index (χ3n) is 3.56. The molecule has 0 unspecified atom stereocenters. The van der Waals surface area contributed by atoms with E-state index < -0.39 is 0 Å². The number of carbonyl (C=O) groups is 3.